The molecule has 1 aliphatic carbocycles. The zero-order valence-electron chi connectivity index (χ0n) is 20.2. The maximum absolute atomic E-state index is 12.7. The molecule has 8 heteroatoms. The van der Waals surface area contributed by atoms with Crippen LogP contribution in [0.2, 0.25) is 0 Å². The van der Waals surface area contributed by atoms with Crippen molar-refractivity contribution >= 4 is 6.09 Å². The van der Waals surface area contributed by atoms with Crippen molar-refractivity contribution in [2.45, 2.75) is 77.0 Å². The second-order valence-electron chi connectivity index (χ2n) is 9.93. The number of carbonyl (C=O) groups excluding carboxylic acids is 1. The Morgan fingerprint density at radius 3 is 2.55 bits per heavy atom. The number of aromatic nitrogens is 3. The first kappa shape index (κ1) is 23.5. The lowest BCUT2D eigenvalue weighted by Gasteiger charge is -2.34. The molecule has 0 spiro atoms. The molecule has 2 aliphatic rings. The maximum atomic E-state index is 12.7. The number of hydrogen-bond donors (Lipinski definition) is 0. The first-order valence-corrected chi connectivity index (χ1v) is 12.0. The Labute approximate surface area is 196 Å². The van der Waals surface area contributed by atoms with Gasteiger partial charge in [0.05, 0.1) is 26.3 Å². The van der Waals surface area contributed by atoms with Crippen molar-refractivity contribution in [3.8, 4) is 5.75 Å². The summed E-state index contributed by atoms with van der Waals surface area (Å²) in [6, 6.07) is 8.32. The quantitative estimate of drug-likeness (QED) is 0.649. The van der Waals surface area contributed by atoms with Crippen LogP contribution in [0, 0.1) is 0 Å². The molecular weight excluding hydrogens is 420 g/mol. The molecule has 8 nitrogen and oxygen atoms in total. The molecule has 0 radical (unpaired) electrons. The third kappa shape index (κ3) is 6.05. The van der Waals surface area contributed by atoms with Crippen LogP contribution in [0.1, 0.15) is 82.2 Å². The van der Waals surface area contributed by atoms with E-state index in [4.69, 9.17) is 24.3 Å². The summed E-state index contributed by atoms with van der Waals surface area (Å²) in [6.45, 7) is 7.04. The average Bonchev–Trinajstić information content (AvgIpc) is 3.23. The van der Waals surface area contributed by atoms with Crippen LogP contribution in [0.25, 0.3) is 0 Å². The monoisotopic (exact) mass is 456 g/mol. The van der Waals surface area contributed by atoms with Crippen molar-refractivity contribution in [1.29, 1.82) is 0 Å². The molecule has 1 aliphatic heterocycles. The highest BCUT2D eigenvalue weighted by Crippen LogP contribution is 2.32. The van der Waals surface area contributed by atoms with Gasteiger partial charge in [0.2, 0.25) is 0 Å². The molecule has 2 heterocycles. The van der Waals surface area contributed by atoms with E-state index in [1.807, 2.05) is 45.0 Å². The zero-order valence-corrected chi connectivity index (χ0v) is 20.2. The van der Waals surface area contributed by atoms with Gasteiger partial charge in [0.1, 0.15) is 17.5 Å². The standard InChI is InChI=1S/C25H36N4O4/c1-25(2,3)33-24(30)28-14-15-32-21(17-28)23-26-22(16-18-10-12-20(31-4)13-11-18)27-29(23)19-8-6-5-7-9-19/h10-13,19,21H,5-9,14-17H2,1-4H3. The van der Waals surface area contributed by atoms with Crippen LogP contribution >= 0.6 is 0 Å². The van der Waals surface area contributed by atoms with Gasteiger partial charge in [0.15, 0.2) is 11.6 Å². The molecule has 1 amide bonds. The van der Waals surface area contributed by atoms with Crippen LogP contribution in [0.5, 0.6) is 5.75 Å². The Bertz CT molecular complexity index is 929. The molecular formula is C25H36N4O4. The number of methoxy groups -OCH3 is 1. The van der Waals surface area contributed by atoms with Crippen molar-refractivity contribution in [1.82, 2.24) is 19.7 Å². The zero-order chi connectivity index (χ0) is 23.4. The van der Waals surface area contributed by atoms with Crippen molar-refractivity contribution < 1.29 is 19.0 Å². The Hall–Kier alpha value is -2.61. The lowest BCUT2D eigenvalue weighted by atomic mass is 9.95. The van der Waals surface area contributed by atoms with Crippen LogP contribution in [0.15, 0.2) is 24.3 Å². The van der Waals surface area contributed by atoms with Gasteiger partial charge in [0.25, 0.3) is 0 Å². The number of amides is 1. The number of carbonyl (C=O) groups is 1. The third-order valence-corrected chi connectivity index (χ3v) is 6.15. The molecule has 1 saturated heterocycles. The molecule has 1 saturated carbocycles. The van der Waals surface area contributed by atoms with Gasteiger partial charge in [0, 0.05) is 13.0 Å². The Morgan fingerprint density at radius 2 is 1.88 bits per heavy atom. The van der Waals surface area contributed by atoms with E-state index in [2.05, 4.69) is 4.68 Å². The van der Waals surface area contributed by atoms with E-state index in [1.54, 1.807) is 12.0 Å². The number of ether oxygens (including phenoxy) is 3. The van der Waals surface area contributed by atoms with Gasteiger partial charge in [-0.1, -0.05) is 31.4 Å². The first-order chi connectivity index (χ1) is 15.8. The largest absolute Gasteiger partial charge is 0.497 e. The summed E-state index contributed by atoms with van der Waals surface area (Å²) >= 11 is 0. The van der Waals surface area contributed by atoms with Gasteiger partial charge in [-0.15, -0.1) is 0 Å². The van der Waals surface area contributed by atoms with E-state index < -0.39 is 5.60 Å². The smallest absolute Gasteiger partial charge is 0.410 e. The molecule has 4 rings (SSSR count). The number of nitrogens with zero attached hydrogens (tertiary/aromatic N) is 4. The third-order valence-electron chi connectivity index (χ3n) is 6.15. The second kappa shape index (κ2) is 10.1. The summed E-state index contributed by atoms with van der Waals surface area (Å²) in [5, 5.41) is 4.94. The van der Waals surface area contributed by atoms with Gasteiger partial charge in [-0.05, 0) is 51.3 Å². The lowest BCUT2D eigenvalue weighted by Crippen LogP contribution is -2.45. The van der Waals surface area contributed by atoms with E-state index in [-0.39, 0.29) is 12.2 Å². The Morgan fingerprint density at radius 1 is 1.15 bits per heavy atom. The van der Waals surface area contributed by atoms with Gasteiger partial charge in [-0.3, -0.25) is 0 Å². The van der Waals surface area contributed by atoms with Gasteiger partial charge in [-0.25, -0.2) is 14.5 Å². The van der Waals surface area contributed by atoms with E-state index in [0.717, 1.165) is 35.8 Å². The summed E-state index contributed by atoms with van der Waals surface area (Å²) in [7, 11) is 1.67. The fourth-order valence-corrected chi connectivity index (χ4v) is 4.49. The second-order valence-corrected chi connectivity index (χ2v) is 9.93. The summed E-state index contributed by atoms with van der Waals surface area (Å²) < 4.78 is 19.1. The van der Waals surface area contributed by atoms with E-state index in [9.17, 15) is 4.79 Å². The summed E-state index contributed by atoms with van der Waals surface area (Å²) in [6.07, 6.45) is 5.89. The van der Waals surface area contributed by atoms with Crippen molar-refractivity contribution in [2.24, 2.45) is 0 Å². The number of morpholine rings is 1. The van der Waals surface area contributed by atoms with Crippen LogP contribution in [-0.4, -0.2) is 58.2 Å². The SMILES string of the molecule is COc1ccc(Cc2nc(C3CN(C(=O)OC(C)(C)C)CCO3)n(C3CCCCC3)n2)cc1. The molecule has 33 heavy (non-hydrogen) atoms. The molecule has 2 fully saturated rings. The molecule has 0 bridgehead atoms. The molecule has 1 atom stereocenters. The summed E-state index contributed by atoms with van der Waals surface area (Å²) in [5.41, 5.74) is 0.599. The summed E-state index contributed by atoms with van der Waals surface area (Å²) in [4.78, 5) is 19.3. The van der Waals surface area contributed by atoms with Crippen molar-refractivity contribution in [3.05, 3.63) is 41.5 Å². The molecule has 2 aromatic rings. The molecule has 1 aromatic heterocycles. The fourth-order valence-electron chi connectivity index (χ4n) is 4.49. The summed E-state index contributed by atoms with van der Waals surface area (Å²) in [5.74, 6) is 2.43. The highest BCUT2D eigenvalue weighted by Gasteiger charge is 2.33. The van der Waals surface area contributed by atoms with E-state index in [1.165, 1.54) is 19.3 Å². The molecule has 180 valence electrons. The predicted octanol–water partition coefficient (Wildman–Crippen LogP) is 4.69. The van der Waals surface area contributed by atoms with Crippen LogP contribution < -0.4 is 4.74 Å². The highest BCUT2D eigenvalue weighted by molar-refractivity contribution is 5.68. The topological polar surface area (TPSA) is 78.7 Å². The molecule has 1 aromatic carbocycles. The minimum absolute atomic E-state index is 0.307. The predicted molar refractivity (Wildman–Crippen MR) is 124 cm³/mol. The highest BCUT2D eigenvalue weighted by atomic mass is 16.6. The average molecular weight is 457 g/mol. The maximum Gasteiger partial charge on any atom is 0.410 e. The minimum atomic E-state index is -0.529. The van der Waals surface area contributed by atoms with E-state index >= 15 is 0 Å². The van der Waals surface area contributed by atoms with Crippen molar-refractivity contribution in [3.63, 3.8) is 0 Å². The fraction of sp³-hybridized carbons (Fsp3) is 0.640. The number of benzene rings is 1. The van der Waals surface area contributed by atoms with Gasteiger partial charge in [-0.2, -0.15) is 5.10 Å². The molecule has 0 N–H and O–H groups in total. The van der Waals surface area contributed by atoms with Crippen molar-refractivity contribution in [2.75, 3.05) is 26.8 Å². The Balaban J connectivity index is 1.56. The van der Waals surface area contributed by atoms with Gasteiger partial charge >= 0.3 is 6.09 Å². The number of hydrogen-bond acceptors (Lipinski definition) is 6. The minimum Gasteiger partial charge on any atom is -0.497 e. The molecule has 1 unspecified atom stereocenters. The van der Waals surface area contributed by atoms with E-state index in [0.29, 0.717) is 32.2 Å². The normalized spacial score (nSPS) is 20.0. The first-order valence-electron chi connectivity index (χ1n) is 12.0. The van der Waals surface area contributed by atoms with Crippen LogP contribution in [0.4, 0.5) is 4.79 Å². The van der Waals surface area contributed by atoms with Crippen LogP contribution in [0.3, 0.4) is 0 Å². The number of rotatable bonds is 5. The lowest BCUT2D eigenvalue weighted by molar-refractivity contribution is -0.0483. The van der Waals surface area contributed by atoms with Crippen LogP contribution in [-0.2, 0) is 15.9 Å². The van der Waals surface area contributed by atoms with Gasteiger partial charge < -0.3 is 19.1 Å². The Kier molecular flexibility index (Phi) is 7.22.